The Morgan fingerprint density at radius 2 is 0.941 bits per heavy atom. The van der Waals surface area contributed by atoms with Gasteiger partial charge in [0.1, 0.15) is 7.85 Å². The van der Waals surface area contributed by atoms with Crippen molar-refractivity contribution < 1.29 is 0 Å². The Labute approximate surface area is 205 Å². The summed E-state index contributed by atoms with van der Waals surface area (Å²) in [7, 11) is 2.23. The zero-order valence-electron chi connectivity index (χ0n) is 21.5. The second kappa shape index (κ2) is 6.75. The van der Waals surface area contributed by atoms with Crippen molar-refractivity contribution in [3.8, 4) is 22.3 Å². The number of hydrogen-bond acceptors (Lipinski definition) is 0. The second-order valence-electron chi connectivity index (χ2n) is 12.4. The lowest BCUT2D eigenvalue weighted by molar-refractivity contribution is 0.586. The smallest absolute Gasteiger partial charge is 0.0886 e. The summed E-state index contributed by atoms with van der Waals surface area (Å²) in [4.78, 5) is 0. The first-order valence-electron chi connectivity index (χ1n) is 12.5. The Balaban J connectivity index is 1.82. The summed E-state index contributed by atoms with van der Waals surface area (Å²) >= 11 is 0. The molecule has 0 radical (unpaired) electrons. The molecule has 0 aromatic heterocycles. The molecule has 6 rings (SSSR count). The van der Waals surface area contributed by atoms with Gasteiger partial charge in [0.15, 0.2) is 0 Å². The van der Waals surface area contributed by atoms with Crippen LogP contribution in [0.2, 0.25) is 0 Å². The number of hydrogen-bond donors (Lipinski definition) is 0. The molecule has 1 spiro atoms. The van der Waals surface area contributed by atoms with Crippen molar-refractivity contribution >= 4 is 13.3 Å². The molecule has 0 nitrogen and oxygen atoms in total. The minimum atomic E-state index is -0.273. The number of rotatable bonds is 0. The van der Waals surface area contributed by atoms with Crippen LogP contribution in [0, 0.1) is 0 Å². The average Bonchev–Trinajstić information content (AvgIpc) is 3.24. The Bertz CT molecular complexity index is 1410. The number of benzene rings is 4. The van der Waals surface area contributed by atoms with E-state index in [1.54, 1.807) is 0 Å². The van der Waals surface area contributed by atoms with Gasteiger partial charge in [-0.3, -0.25) is 0 Å². The topological polar surface area (TPSA) is 0 Å². The molecule has 0 amide bonds. The summed E-state index contributed by atoms with van der Waals surface area (Å²) in [5, 5.41) is 0. The van der Waals surface area contributed by atoms with E-state index in [4.69, 9.17) is 0 Å². The quantitative estimate of drug-likeness (QED) is 0.226. The fraction of sp³-hybridized carbons (Fsp3) is 0.273. The van der Waals surface area contributed by atoms with Crippen molar-refractivity contribution in [1.82, 2.24) is 0 Å². The highest BCUT2D eigenvalue weighted by Gasteiger charge is 2.52. The summed E-state index contributed by atoms with van der Waals surface area (Å²) in [6.45, 7) is 13.9. The minimum Gasteiger partial charge on any atom is -0.0886 e. The molecule has 1 heteroatoms. The highest BCUT2D eigenvalue weighted by atomic mass is 14.5. The molecule has 2 aliphatic rings. The molecule has 0 heterocycles. The highest BCUT2D eigenvalue weighted by molar-refractivity contribution is 6.32. The van der Waals surface area contributed by atoms with Gasteiger partial charge in [0.05, 0.1) is 5.41 Å². The third kappa shape index (κ3) is 2.73. The first-order valence-corrected chi connectivity index (χ1v) is 12.5. The zero-order valence-corrected chi connectivity index (χ0v) is 21.5. The van der Waals surface area contributed by atoms with Crippen LogP contribution in [0.5, 0.6) is 0 Å². The summed E-state index contributed by atoms with van der Waals surface area (Å²) in [6, 6.07) is 30.6. The lowest BCUT2D eigenvalue weighted by Gasteiger charge is -2.33. The van der Waals surface area contributed by atoms with Crippen LogP contribution in [0.25, 0.3) is 22.3 Å². The highest BCUT2D eigenvalue weighted by Crippen LogP contribution is 2.63. The van der Waals surface area contributed by atoms with Gasteiger partial charge in [-0.1, -0.05) is 126 Å². The van der Waals surface area contributed by atoms with Crippen molar-refractivity contribution in [3.63, 3.8) is 0 Å². The van der Waals surface area contributed by atoms with Gasteiger partial charge in [-0.05, 0) is 66.5 Å². The van der Waals surface area contributed by atoms with E-state index in [1.165, 1.54) is 61.1 Å². The average molecular weight is 440 g/mol. The minimum absolute atomic E-state index is 0.0924. The Hall–Kier alpha value is -3.06. The normalized spacial score (nSPS) is 15.1. The summed E-state index contributed by atoms with van der Waals surface area (Å²) in [6.07, 6.45) is 0. The van der Waals surface area contributed by atoms with Crippen molar-refractivity contribution in [2.45, 2.75) is 57.8 Å². The molecule has 0 bridgehead atoms. The SMILES string of the molecule is Bc1ccc2c(c1)C1(c3ccccc3-2)c2cc(C(C)(C)C)ccc2-c2ccc(C(C)(C)C)cc21. The third-order valence-corrected chi connectivity index (χ3v) is 8.07. The van der Waals surface area contributed by atoms with E-state index in [0.717, 1.165) is 0 Å². The van der Waals surface area contributed by atoms with Crippen LogP contribution >= 0.6 is 0 Å². The maximum Gasteiger partial charge on any atom is 0.139 e. The van der Waals surface area contributed by atoms with E-state index >= 15 is 0 Å². The van der Waals surface area contributed by atoms with Gasteiger partial charge in [-0.15, -0.1) is 0 Å². The van der Waals surface area contributed by atoms with Crippen molar-refractivity contribution in [2.24, 2.45) is 0 Å². The van der Waals surface area contributed by atoms with E-state index in [9.17, 15) is 0 Å². The van der Waals surface area contributed by atoms with Crippen molar-refractivity contribution in [2.75, 3.05) is 0 Å². The molecule has 0 atom stereocenters. The first kappa shape index (κ1) is 21.5. The molecular weight excluding hydrogens is 407 g/mol. The van der Waals surface area contributed by atoms with E-state index < -0.39 is 0 Å². The van der Waals surface area contributed by atoms with Crippen molar-refractivity contribution in [3.05, 3.63) is 112 Å². The monoisotopic (exact) mass is 440 g/mol. The zero-order chi connectivity index (χ0) is 24.0. The lowest BCUT2D eigenvalue weighted by atomic mass is 9.68. The molecule has 4 aromatic carbocycles. The van der Waals surface area contributed by atoms with Crippen LogP contribution in [0.15, 0.2) is 78.9 Å². The predicted molar refractivity (Wildman–Crippen MR) is 148 cm³/mol. The Kier molecular flexibility index (Phi) is 4.27. The van der Waals surface area contributed by atoms with E-state index in [-0.39, 0.29) is 16.2 Å². The fourth-order valence-corrected chi connectivity index (χ4v) is 6.23. The van der Waals surface area contributed by atoms with Gasteiger partial charge < -0.3 is 0 Å². The number of fused-ring (bicyclic) bond motifs is 10. The molecule has 0 saturated heterocycles. The fourth-order valence-electron chi connectivity index (χ4n) is 6.23. The van der Waals surface area contributed by atoms with Crippen molar-refractivity contribution in [1.29, 1.82) is 0 Å². The van der Waals surface area contributed by atoms with E-state index in [2.05, 4.69) is 128 Å². The molecule has 0 fully saturated rings. The molecule has 0 unspecified atom stereocenters. The second-order valence-corrected chi connectivity index (χ2v) is 12.4. The van der Waals surface area contributed by atoms with E-state index in [1.807, 2.05) is 0 Å². The molecule has 0 aliphatic heterocycles. The first-order chi connectivity index (χ1) is 16.0. The van der Waals surface area contributed by atoms with Gasteiger partial charge in [0.2, 0.25) is 0 Å². The summed E-state index contributed by atoms with van der Waals surface area (Å²) in [5.74, 6) is 0. The van der Waals surface area contributed by atoms with Gasteiger partial charge in [0.25, 0.3) is 0 Å². The molecule has 34 heavy (non-hydrogen) atoms. The lowest BCUT2D eigenvalue weighted by Crippen LogP contribution is -2.28. The van der Waals surface area contributed by atoms with Crippen LogP contribution in [0.3, 0.4) is 0 Å². The molecule has 2 aliphatic carbocycles. The Morgan fingerprint density at radius 3 is 1.47 bits per heavy atom. The van der Waals surface area contributed by atoms with Crippen LogP contribution in [-0.4, -0.2) is 7.85 Å². The molecular formula is C33H33B. The maximum atomic E-state index is 2.51. The molecule has 168 valence electrons. The van der Waals surface area contributed by atoms with Crippen LogP contribution in [-0.2, 0) is 16.2 Å². The maximum absolute atomic E-state index is 2.51. The Morgan fingerprint density at radius 1 is 0.500 bits per heavy atom. The summed E-state index contributed by atoms with van der Waals surface area (Å²) in [5.41, 5.74) is 15.3. The van der Waals surface area contributed by atoms with Crippen LogP contribution in [0.4, 0.5) is 0 Å². The van der Waals surface area contributed by atoms with Gasteiger partial charge in [-0.2, -0.15) is 0 Å². The molecule has 0 N–H and O–H groups in total. The molecule has 4 aromatic rings. The predicted octanol–water partition coefficient (Wildman–Crippen LogP) is 6.88. The largest absolute Gasteiger partial charge is 0.139 e. The van der Waals surface area contributed by atoms with Gasteiger partial charge in [0, 0.05) is 0 Å². The van der Waals surface area contributed by atoms with Gasteiger partial charge in [-0.25, -0.2) is 0 Å². The van der Waals surface area contributed by atoms with Gasteiger partial charge >= 0.3 is 0 Å². The van der Waals surface area contributed by atoms with Crippen LogP contribution < -0.4 is 5.46 Å². The van der Waals surface area contributed by atoms with Crippen LogP contribution in [0.1, 0.15) is 74.9 Å². The summed E-state index contributed by atoms with van der Waals surface area (Å²) < 4.78 is 0. The van der Waals surface area contributed by atoms with E-state index in [0.29, 0.717) is 0 Å². The molecule has 0 saturated carbocycles. The standard InChI is InChI=1S/C33H33B/c1-31(2,3)20-11-14-24-25-15-12-21(32(4,5)6)18-29(25)33(28(24)17-20)27-10-8-7-9-23(27)26-16-13-22(34)19-30(26)33/h7-19H,34H2,1-6H3. The third-order valence-electron chi connectivity index (χ3n) is 8.07.